The number of hydrogen-bond donors (Lipinski definition) is 1. The maximum atomic E-state index is 3.60. The van der Waals surface area contributed by atoms with Crippen molar-refractivity contribution in [3.05, 3.63) is 48.0 Å². The van der Waals surface area contributed by atoms with Crippen LogP contribution < -0.4 is 5.32 Å². The molecule has 0 unspecified atom stereocenters. The van der Waals surface area contributed by atoms with Gasteiger partial charge in [0.1, 0.15) is 0 Å². The van der Waals surface area contributed by atoms with Gasteiger partial charge in [0.25, 0.3) is 0 Å². The number of hydrogen-bond acceptors (Lipinski definition) is 1. The van der Waals surface area contributed by atoms with Crippen LogP contribution in [-0.2, 0) is 6.54 Å². The fraction of sp³-hybridized carbons (Fsp3) is 0.500. The van der Waals surface area contributed by atoms with Crippen LogP contribution in [-0.4, -0.2) is 6.54 Å². The summed E-state index contributed by atoms with van der Waals surface area (Å²) in [7, 11) is 0. The zero-order valence-electron chi connectivity index (χ0n) is 13.4. The molecule has 1 heteroatoms. The Morgan fingerprint density at radius 3 is 2.33 bits per heavy atom. The van der Waals surface area contributed by atoms with Crippen LogP contribution in [0.1, 0.15) is 57.4 Å². The molecule has 0 saturated carbocycles. The van der Waals surface area contributed by atoms with Gasteiger partial charge in [-0.2, -0.15) is 0 Å². The van der Waals surface area contributed by atoms with Crippen molar-refractivity contribution in [3.8, 4) is 0 Å². The van der Waals surface area contributed by atoms with Crippen LogP contribution in [0, 0.1) is 0 Å². The molecule has 1 nitrogen and oxygen atoms in total. The van der Waals surface area contributed by atoms with Crippen molar-refractivity contribution in [1.82, 2.24) is 5.32 Å². The topological polar surface area (TPSA) is 12.0 Å². The van der Waals surface area contributed by atoms with Crippen LogP contribution >= 0.6 is 0 Å². The van der Waals surface area contributed by atoms with Crippen molar-refractivity contribution in [3.63, 3.8) is 0 Å². The zero-order chi connectivity index (χ0) is 14.8. The Hall–Kier alpha value is -1.34. The molecule has 1 N–H and O–H groups in total. The van der Waals surface area contributed by atoms with Crippen molar-refractivity contribution in [1.29, 1.82) is 0 Å². The van der Waals surface area contributed by atoms with Gasteiger partial charge in [-0.1, -0.05) is 87.9 Å². The Labute approximate surface area is 129 Å². The summed E-state index contributed by atoms with van der Waals surface area (Å²) in [5, 5.41) is 6.32. The van der Waals surface area contributed by atoms with Gasteiger partial charge < -0.3 is 5.32 Å². The van der Waals surface area contributed by atoms with E-state index in [9.17, 15) is 0 Å². The first kappa shape index (κ1) is 16.0. The maximum Gasteiger partial charge on any atom is 0.0211 e. The molecule has 0 atom stereocenters. The molecule has 0 spiro atoms. The van der Waals surface area contributed by atoms with Gasteiger partial charge in [-0.15, -0.1) is 0 Å². The van der Waals surface area contributed by atoms with Crippen molar-refractivity contribution < 1.29 is 0 Å². The molecule has 0 saturated heterocycles. The molecule has 0 heterocycles. The Kier molecular flexibility index (Phi) is 7.31. The monoisotopic (exact) mass is 283 g/mol. The van der Waals surface area contributed by atoms with Gasteiger partial charge >= 0.3 is 0 Å². The first-order valence-corrected chi connectivity index (χ1v) is 8.59. The molecule has 0 aromatic heterocycles. The summed E-state index contributed by atoms with van der Waals surface area (Å²) >= 11 is 0. The highest BCUT2D eigenvalue weighted by molar-refractivity contribution is 5.85. The minimum atomic E-state index is 0.983. The molecule has 0 bridgehead atoms. The number of unbranched alkanes of at least 4 members (excludes halogenated alkanes) is 6. The predicted octanol–water partition coefficient (Wildman–Crippen LogP) is 5.68. The zero-order valence-corrected chi connectivity index (χ0v) is 13.4. The van der Waals surface area contributed by atoms with Gasteiger partial charge in [0.15, 0.2) is 0 Å². The van der Waals surface area contributed by atoms with Crippen LogP contribution in [0.15, 0.2) is 42.5 Å². The first-order chi connectivity index (χ1) is 10.4. The average molecular weight is 283 g/mol. The molecule has 2 aromatic carbocycles. The number of rotatable bonds is 10. The highest BCUT2D eigenvalue weighted by atomic mass is 14.8. The van der Waals surface area contributed by atoms with E-state index in [0.717, 1.165) is 13.1 Å². The predicted molar refractivity (Wildman–Crippen MR) is 93.6 cm³/mol. The summed E-state index contributed by atoms with van der Waals surface area (Å²) in [6, 6.07) is 15.2. The number of benzene rings is 2. The van der Waals surface area contributed by atoms with E-state index in [1.165, 1.54) is 61.3 Å². The summed E-state index contributed by atoms with van der Waals surface area (Å²) in [6.45, 7) is 4.39. The molecule has 2 aromatic rings. The van der Waals surface area contributed by atoms with E-state index in [2.05, 4.69) is 54.7 Å². The molecule has 0 aliphatic carbocycles. The van der Waals surface area contributed by atoms with E-state index < -0.39 is 0 Å². The third kappa shape index (κ3) is 5.51. The fourth-order valence-electron chi connectivity index (χ4n) is 2.88. The second-order valence-electron chi connectivity index (χ2n) is 5.94. The van der Waals surface area contributed by atoms with E-state index in [4.69, 9.17) is 0 Å². The van der Waals surface area contributed by atoms with E-state index in [1.807, 2.05) is 0 Å². The second-order valence-corrected chi connectivity index (χ2v) is 5.94. The minimum Gasteiger partial charge on any atom is -0.313 e. The van der Waals surface area contributed by atoms with Crippen molar-refractivity contribution in [2.75, 3.05) is 6.54 Å². The summed E-state index contributed by atoms with van der Waals surface area (Å²) in [6.07, 6.45) is 9.64. The van der Waals surface area contributed by atoms with E-state index in [-0.39, 0.29) is 0 Å². The molecule has 0 amide bonds. The fourth-order valence-corrected chi connectivity index (χ4v) is 2.88. The van der Waals surface area contributed by atoms with Gasteiger partial charge in [-0.3, -0.25) is 0 Å². The van der Waals surface area contributed by atoms with Crippen LogP contribution in [0.4, 0.5) is 0 Å². The number of nitrogens with one attached hydrogen (secondary N) is 1. The Morgan fingerprint density at radius 2 is 1.48 bits per heavy atom. The molecule has 0 aliphatic heterocycles. The standard InChI is InChI=1S/C20H29N/c1-2-3-4-5-6-7-10-16-21-17-19-14-11-13-18-12-8-9-15-20(18)19/h8-9,11-15,21H,2-7,10,16-17H2,1H3. The lowest BCUT2D eigenvalue weighted by molar-refractivity contribution is 0.563. The summed E-state index contributed by atoms with van der Waals surface area (Å²) < 4.78 is 0. The lowest BCUT2D eigenvalue weighted by Crippen LogP contribution is -2.14. The summed E-state index contributed by atoms with van der Waals surface area (Å²) in [5.41, 5.74) is 1.41. The lowest BCUT2D eigenvalue weighted by atomic mass is 10.0. The van der Waals surface area contributed by atoms with Crippen molar-refractivity contribution in [2.24, 2.45) is 0 Å². The molecule has 114 valence electrons. The molecule has 2 rings (SSSR count). The highest BCUT2D eigenvalue weighted by Gasteiger charge is 1.99. The van der Waals surface area contributed by atoms with Gasteiger partial charge in [0.05, 0.1) is 0 Å². The van der Waals surface area contributed by atoms with Gasteiger partial charge in [-0.05, 0) is 29.3 Å². The second kappa shape index (κ2) is 9.57. The molecule has 0 radical (unpaired) electrons. The van der Waals surface area contributed by atoms with E-state index >= 15 is 0 Å². The molecule has 0 fully saturated rings. The number of fused-ring (bicyclic) bond motifs is 1. The van der Waals surface area contributed by atoms with Gasteiger partial charge in [0, 0.05) is 6.54 Å². The molecular weight excluding hydrogens is 254 g/mol. The largest absolute Gasteiger partial charge is 0.313 e. The molecule has 21 heavy (non-hydrogen) atoms. The summed E-state index contributed by atoms with van der Waals surface area (Å²) in [4.78, 5) is 0. The van der Waals surface area contributed by atoms with Gasteiger partial charge in [-0.25, -0.2) is 0 Å². The van der Waals surface area contributed by atoms with Crippen LogP contribution in [0.5, 0.6) is 0 Å². The average Bonchev–Trinajstić information content (AvgIpc) is 2.53. The van der Waals surface area contributed by atoms with E-state index in [1.54, 1.807) is 0 Å². The normalized spacial score (nSPS) is 11.1. The van der Waals surface area contributed by atoms with Crippen molar-refractivity contribution in [2.45, 2.75) is 58.4 Å². The maximum absolute atomic E-state index is 3.60. The highest BCUT2D eigenvalue weighted by Crippen LogP contribution is 2.18. The third-order valence-electron chi connectivity index (χ3n) is 4.15. The van der Waals surface area contributed by atoms with Crippen LogP contribution in [0.3, 0.4) is 0 Å². The third-order valence-corrected chi connectivity index (χ3v) is 4.15. The minimum absolute atomic E-state index is 0.983. The molecule has 0 aliphatic rings. The van der Waals surface area contributed by atoms with Crippen LogP contribution in [0.2, 0.25) is 0 Å². The van der Waals surface area contributed by atoms with E-state index in [0.29, 0.717) is 0 Å². The quantitative estimate of drug-likeness (QED) is 0.553. The Morgan fingerprint density at radius 1 is 0.762 bits per heavy atom. The van der Waals surface area contributed by atoms with Crippen LogP contribution in [0.25, 0.3) is 10.8 Å². The lowest BCUT2D eigenvalue weighted by Gasteiger charge is -2.08. The smallest absolute Gasteiger partial charge is 0.0211 e. The Bertz CT molecular complexity index is 513. The van der Waals surface area contributed by atoms with Crippen molar-refractivity contribution >= 4 is 10.8 Å². The first-order valence-electron chi connectivity index (χ1n) is 8.59. The molecular formula is C20H29N. The summed E-state index contributed by atoms with van der Waals surface area (Å²) in [5.74, 6) is 0. The Balaban J connectivity index is 1.64. The van der Waals surface area contributed by atoms with Gasteiger partial charge in [0.2, 0.25) is 0 Å². The SMILES string of the molecule is CCCCCCCCCNCc1cccc2ccccc12.